The molecular weight excluding hydrogens is 219 g/mol. The molecule has 0 unspecified atom stereocenters. The second-order valence-corrected chi connectivity index (χ2v) is 2.97. The SMILES string of the molecule is Nc1cc(C(=O)O)c(F)cc1NCC(=O)O. The number of carboxylic acids is 2. The number of nitrogen functional groups attached to an aromatic ring is 1. The lowest BCUT2D eigenvalue weighted by atomic mass is 10.1. The molecule has 1 aromatic rings. The summed E-state index contributed by atoms with van der Waals surface area (Å²) in [4.78, 5) is 20.8. The molecule has 0 saturated carbocycles. The van der Waals surface area contributed by atoms with Crippen molar-refractivity contribution in [1.82, 2.24) is 0 Å². The number of nitrogens with one attached hydrogen (secondary N) is 1. The summed E-state index contributed by atoms with van der Waals surface area (Å²) in [6, 6.07) is 1.78. The lowest BCUT2D eigenvalue weighted by molar-refractivity contribution is -0.134. The van der Waals surface area contributed by atoms with Crippen molar-refractivity contribution in [3.63, 3.8) is 0 Å². The van der Waals surface area contributed by atoms with Gasteiger partial charge in [0.15, 0.2) is 0 Å². The van der Waals surface area contributed by atoms with Crippen LogP contribution in [0, 0.1) is 5.82 Å². The van der Waals surface area contributed by atoms with Crippen molar-refractivity contribution in [3.05, 3.63) is 23.5 Å². The molecule has 0 aliphatic carbocycles. The Morgan fingerprint density at radius 1 is 1.38 bits per heavy atom. The van der Waals surface area contributed by atoms with Gasteiger partial charge in [-0.2, -0.15) is 0 Å². The number of carboxylic acid groups (broad SMARTS) is 2. The molecule has 0 saturated heterocycles. The number of carbonyl (C=O) groups is 2. The molecule has 1 rings (SSSR count). The van der Waals surface area contributed by atoms with E-state index in [2.05, 4.69) is 5.32 Å². The van der Waals surface area contributed by atoms with Crippen LogP contribution < -0.4 is 11.1 Å². The lowest BCUT2D eigenvalue weighted by Crippen LogP contribution is -2.14. The highest BCUT2D eigenvalue weighted by molar-refractivity contribution is 5.91. The molecule has 0 aliphatic heterocycles. The fourth-order valence-corrected chi connectivity index (χ4v) is 1.08. The van der Waals surface area contributed by atoms with Crippen molar-refractivity contribution in [2.24, 2.45) is 0 Å². The topological polar surface area (TPSA) is 113 Å². The summed E-state index contributed by atoms with van der Waals surface area (Å²) in [6.07, 6.45) is 0. The van der Waals surface area contributed by atoms with E-state index in [0.29, 0.717) is 0 Å². The minimum Gasteiger partial charge on any atom is -0.480 e. The summed E-state index contributed by atoms with van der Waals surface area (Å²) in [7, 11) is 0. The number of benzene rings is 1. The van der Waals surface area contributed by atoms with Crippen molar-refractivity contribution in [2.45, 2.75) is 0 Å². The van der Waals surface area contributed by atoms with Crippen LogP contribution in [0.25, 0.3) is 0 Å². The number of nitrogens with two attached hydrogens (primary N) is 1. The van der Waals surface area contributed by atoms with Gasteiger partial charge in [0.25, 0.3) is 0 Å². The molecule has 0 spiro atoms. The predicted octanol–water partition coefficient (Wildman–Crippen LogP) is 0.603. The maximum atomic E-state index is 13.2. The zero-order valence-corrected chi connectivity index (χ0v) is 8.03. The summed E-state index contributed by atoms with van der Waals surface area (Å²) >= 11 is 0. The second kappa shape index (κ2) is 4.47. The molecule has 0 radical (unpaired) electrons. The summed E-state index contributed by atoms with van der Waals surface area (Å²) in [5.74, 6) is -3.55. The van der Waals surface area contributed by atoms with Crippen molar-refractivity contribution >= 4 is 23.3 Å². The Hall–Kier alpha value is -2.31. The quantitative estimate of drug-likeness (QED) is 0.561. The van der Waals surface area contributed by atoms with Gasteiger partial charge in [-0.3, -0.25) is 4.79 Å². The maximum Gasteiger partial charge on any atom is 0.338 e. The summed E-state index contributed by atoms with van der Waals surface area (Å²) < 4.78 is 13.2. The van der Waals surface area contributed by atoms with Crippen LogP contribution in [0.2, 0.25) is 0 Å². The number of rotatable bonds is 4. The van der Waals surface area contributed by atoms with Crippen LogP contribution in [-0.4, -0.2) is 28.7 Å². The highest BCUT2D eigenvalue weighted by Crippen LogP contribution is 2.22. The molecular formula is C9H9FN2O4. The molecule has 0 aromatic heterocycles. The van der Waals surface area contributed by atoms with Crippen molar-refractivity contribution in [1.29, 1.82) is 0 Å². The third kappa shape index (κ3) is 2.59. The number of aliphatic carboxylic acids is 1. The fourth-order valence-electron chi connectivity index (χ4n) is 1.08. The van der Waals surface area contributed by atoms with Crippen LogP contribution >= 0.6 is 0 Å². The van der Waals surface area contributed by atoms with E-state index in [1.54, 1.807) is 0 Å². The van der Waals surface area contributed by atoms with Crippen LogP contribution in [-0.2, 0) is 4.79 Å². The smallest absolute Gasteiger partial charge is 0.338 e. The number of aromatic carboxylic acids is 1. The minimum absolute atomic E-state index is 0.0277. The molecule has 86 valence electrons. The van der Waals surface area contributed by atoms with E-state index in [9.17, 15) is 14.0 Å². The first kappa shape index (κ1) is 11.8. The first-order chi connectivity index (χ1) is 7.41. The van der Waals surface area contributed by atoms with Crippen LogP contribution in [0.15, 0.2) is 12.1 Å². The van der Waals surface area contributed by atoms with E-state index < -0.39 is 29.9 Å². The van der Waals surface area contributed by atoms with E-state index in [-0.39, 0.29) is 11.4 Å². The van der Waals surface area contributed by atoms with Crippen molar-refractivity contribution in [3.8, 4) is 0 Å². The van der Waals surface area contributed by atoms with Gasteiger partial charge in [0.1, 0.15) is 12.4 Å². The number of hydrogen-bond donors (Lipinski definition) is 4. The molecule has 0 atom stereocenters. The Morgan fingerprint density at radius 3 is 2.50 bits per heavy atom. The van der Waals surface area contributed by atoms with Crippen LogP contribution in [0.3, 0.4) is 0 Å². The van der Waals surface area contributed by atoms with Gasteiger partial charge in [0, 0.05) is 0 Å². The lowest BCUT2D eigenvalue weighted by Gasteiger charge is -2.08. The average molecular weight is 228 g/mol. The van der Waals surface area contributed by atoms with Gasteiger partial charge in [-0.15, -0.1) is 0 Å². The van der Waals surface area contributed by atoms with E-state index in [4.69, 9.17) is 15.9 Å². The second-order valence-electron chi connectivity index (χ2n) is 2.97. The Labute approximate surface area is 89.5 Å². The highest BCUT2D eigenvalue weighted by atomic mass is 19.1. The molecule has 0 amide bonds. The van der Waals surface area contributed by atoms with Gasteiger partial charge in [-0.1, -0.05) is 0 Å². The zero-order valence-electron chi connectivity index (χ0n) is 8.03. The van der Waals surface area contributed by atoms with Crippen LogP contribution in [0.1, 0.15) is 10.4 Å². The van der Waals surface area contributed by atoms with Crippen molar-refractivity contribution in [2.75, 3.05) is 17.6 Å². The molecule has 0 aliphatic rings. The third-order valence-electron chi connectivity index (χ3n) is 1.80. The van der Waals surface area contributed by atoms with Crippen LogP contribution in [0.4, 0.5) is 15.8 Å². The van der Waals surface area contributed by atoms with Crippen LogP contribution in [0.5, 0.6) is 0 Å². The van der Waals surface area contributed by atoms with Gasteiger partial charge in [0.05, 0.1) is 16.9 Å². The highest BCUT2D eigenvalue weighted by Gasteiger charge is 2.13. The van der Waals surface area contributed by atoms with Crippen molar-refractivity contribution < 1.29 is 24.2 Å². The molecule has 1 aromatic carbocycles. The molecule has 5 N–H and O–H groups in total. The largest absolute Gasteiger partial charge is 0.480 e. The first-order valence-electron chi connectivity index (χ1n) is 4.19. The van der Waals surface area contributed by atoms with Gasteiger partial charge in [-0.05, 0) is 12.1 Å². The van der Waals surface area contributed by atoms with Gasteiger partial charge in [-0.25, -0.2) is 9.18 Å². The van der Waals surface area contributed by atoms with Gasteiger partial charge in [0.2, 0.25) is 0 Å². The Bertz CT molecular complexity index is 447. The summed E-state index contributed by atoms with van der Waals surface area (Å²) in [6.45, 7) is -0.434. The summed E-state index contributed by atoms with van der Waals surface area (Å²) in [5, 5.41) is 19.3. The van der Waals surface area contributed by atoms with Gasteiger partial charge >= 0.3 is 11.9 Å². The predicted molar refractivity (Wildman–Crippen MR) is 53.9 cm³/mol. The summed E-state index contributed by atoms with van der Waals surface area (Å²) in [5.41, 5.74) is 4.89. The fraction of sp³-hybridized carbons (Fsp3) is 0.111. The zero-order chi connectivity index (χ0) is 12.3. The monoisotopic (exact) mass is 228 g/mol. The normalized spacial score (nSPS) is 9.81. The number of anilines is 2. The Balaban J connectivity index is 3.01. The maximum absolute atomic E-state index is 13.2. The van der Waals surface area contributed by atoms with E-state index in [1.165, 1.54) is 0 Å². The Kier molecular flexibility index (Phi) is 3.29. The van der Waals surface area contributed by atoms with Gasteiger partial charge < -0.3 is 21.3 Å². The third-order valence-corrected chi connectivity index (χ3v) is 1.80. The molecule has 6 nitrogen and oxygen atoms in total. The first-order valence-corrected chi connectivity index (χ1v) is 4.19. The molecule has 0 bridgehead atoms. The average Bonchev–Trinajstić information content (AvgIpc) is 2.18. The standard InChI is InChI=1S/C9H9FN2O4/c10-5-2-7(12-3-8(13)14)6(11)1-4(5)9(15)16/h1-2,12H,3,11H2,(H,13,14)(H,15,16). The molecule has 0 fully saturated rings. The number of halogens is 1. The van der Waals surface area contributed by atoms with E-state index >= 15 is 0 Å². The Morgan fingerprint density at radius 2 is 2.00 bits per heavy atom. The van der Waals surface area contributed by atoms with E-state index in [0.717, 1.165) is 12.1 Å². The minimum atomic E-state index is -1.44. The molecule has 0 heterocycles. The molecule has 7 heteroatoms. The number of hydrogen-bond acceptors (Lipinski definition) is 4. The van der Waals surface area contributed by atoms with E-state index in [1.807, 2.05) is 0 Å². The molecule has 16 heavy (non-hydrogen) atoms.